The molecule has 0 unspecified atom stereocenters. The van der Waals surface area contributed by atoms with Crippen molar-refractivity contribution in [3.63, 3.8) is 0 Å². The molecule has 6 heteroatoms. The summed E-state index contributed by atoms with van der Waals surface area (Å²) in [5, 5.41) is 5.47. The first-order valence-electron chi connectivity index (χ1n) is 8.06. The van der Waals surface area contributed by atoms with E-state index in [0.29, 0.717) is 0 Å². The molecule has 0 spiro atoms. The smallest absolute Gasteiger partial charge is 0.328 e. The minimum absolute atomic E-state index is 0.0214. The minimum atomic E-state index is -0.700. The molecule has 0 radical (unpaired) electrons. The third kappa shape index (κ3) is 6.40. The summed E-state index contributed by atoms with van der Waals surface area (Å²) in [4.78, 5) is 35.5. The van der Waals surface area contributed by atoms with Crippen molar-refractivity contribution in [2.45, 2.75) is 45.7 Å². The minimum Gasteiger partial charge on any atom is -0.467 e. The molecular weight excluding hydrogens is 308 g/mol. The van der Waals surface area contributed by atoms with Gasteiger partial charge in [-0.05, 0) is 18.4 Å². The summed E-state index contributed by atoms with van der Waals surface area (Å²) in [5.74, 6) is -1.13. The Morgan fingerprint density at radius 2 is 1.50 bits per heavy atom. The van der Waals surface area contributed by atoms with E-state index < -0.39 is 12.0 Å². The number of carbonyl (C=O) groups excluding carboxylic acids is 3. The highest BCUT2D eigenvalue weighted by Crippen LogP contribution is 2.11. The zero-order valence-electron chi connectivity index (χ0n) is 14.7. The lowest BCUT2D eigenvalue weighted by Crippen LogP contribution is -2.45. The van der Waals surface area contributed by atoms with Crippen LogP contribution in [-0.4, -0.2) is 30.9 Å². The molecule has 0 heterocycles. The Hall–Kier alpha value is -2.37. The molecule has 0 aliphatic rings. The monoisotopic (exact) mass is 334 g/mol. The second-order valence-corrected chi connectivity index (χ2v) is 6.01. The topological polar surface area (TPSA) is 84.5 Å². The van der Waals surface area contributed by atoms with Gasteiger partial charge in [0.1, 0.15) is 6.04 Å². The molecule has 1 aromatic carbocycles. The van der Waals surface area contributed by atoms with Crippen LogP contribution in [0.5, 0.6) is 0 Å². The summed E-state index contributed by atoms with van der Waals surface area (Å²) in [6.45, 7) is 5.52. The van der Waals surface area contributed by atoms with Gasteiger partial charge in [-0.25, -0.2) is 4.79 Å². The van der Waals surface area contributed by atoms with Crippen LogP contribution in [0.15, 0.2) is 30.3 Å². The van der Waals surface area contributed by atoms with Crippen molar-refractivity contribution in [2.75, 3.05) is 7.11 Å². The maximum Gasteiger partial charge on any atom is 0.328 e. The summed E-state index contributed by atoms with van der Waals surface area (Å²) in [6, 6.07) is 8.76. The van der Waals surface area contributed by atoms with Gasteiger partial charge in [-0.1, -0.05) is 44.2 Å². The lowest BCUT2D eigenvalue weighted by Gasteiger charge is -2.20. The van der Waals surface area contributed by atoms with Gasteiger partial charge in [0.25, 0.3) is 0 Å². The molecule has 24 heavy (non-hydrogen) atoms. The summed E-state index contributed by atoms with van der Waals surface area (Å²) >= 11 is 0. The molecule has 0 aromatic heterocycles. The molecule has 2 atom stereocenters. The van der Waals surface area contributed by atoms with E-state index in [1.54, 1.807) is 0 Å². The van der Waals surface area contributed by atoms with Crippen molar-refractivity contribution >= 4 is 17.8 Å². The summed E-state index contributed by atoms with van der Waals surface area (Å²) in [7, 11) is 1.28. The summed E-state index contributed by atoms with van der Waals surface area (Å²) in [6.07, 6.45) is 0.0859. The van der Waals surface area contributed by atoms with Crippen molar-refractivity contribution in [2.24, 2.45) is 5.92 Å². The van der Waals surface area contributed by atoms with Crippen molar-refractivity contribution < 1.29 is 19.1 Å². The number of methoxy groups -OCH3 is 1. The molecule has 132 valence electrons. The van der Waals surface area contributed by atoms with Gasteiger partial charge in [-0.3, -0.25) is 9.59 Å². The highest BCUT2D eigenvalue weighted by Gasteiger charge is 2.24. The first-order chi connectivity index (χ1) is 11.3. The second-order valence-electron chi connectivity index (χ2n) is 6.01. The number of carbonyl (C=O) groups is 3. The summed E-state index contributed by atoms with van der Waals surface area (Å²) in [5.41, 5.74) is 1.00. The molecular formula is C18H26N2O4. The second kappa shape index (κ2) is 9.70. The Labute approximate surface area is 143 Å². The van der Waals surface area contributed by atoms with Crippen LogP contribution in [0.25, 0.3) is 0 Å². The molecule has 1 aromatic rings. The number of esters is 1. The lowest BCUT2D eigenvalue weighted by atomic mass is 10.0. The van der Waals surface area contributed by atoms with Crippen molar-refractivity contribution in [3.05, 3.63) is 35.9 Å². The first kappa shape index (κ1) is 19.7. The number of nitrogens with one attached hydrogen (secondary N) is 2. The number of amides is 2. The Morgan fingerprint density at radius 3 is 2.00 bits per heavy atom. The fourth-order valence-electron chi connectivity index (χ4n) is 2.24. The average Bonchev–Trinajstić information content (AvgIpc) is 2.57. The van der Waals surface area contributed by atoms with E-state index in [4.69, 9.17) is 0 Å². The molecule has 2 N–H and O–H groups in total. The third-order valence-electron chi connectivity index (χ3n) is 3.69. The number of rotatable bonds is 8. The van der Waals surface area contributed by atoms with Gasteiger partial charge < -0.3 is 15.4 Å². The lowest BCUT2D eigenvalue weighted by molar-refractivity contribution is -0.146. The van der Waals surface area contributed by atoms with Gasteiger partial charge in [0.2, 0.25) is 11.8 Å². The fraction of sp³-hybridized carbons (Fsp3) is 0.500. The molecule has 0 saturated carbocycles. The van der Waals surface area contributed by atoms with Crippen LogP contribution in [0.4, 0.5) is 0 Å². The van der Waals surface area contributed by atoms with Gasteiger partial charge in [0, 0.05) is 12.8 Å². The van der Waals surface area contributed by atoms with Crippen LogP contribution in [-0.2, 0) is 19.1 Å². The van der Waals surface area contributed by atoms with E-state index in [1.807, 2.05) is 51.1 Å². The van der Waals surface area contributed by atoms with E-state index in [9.17, 15) is 14.4 Å². The zero-order valence-corrected chi connectivity index (χ0v) is 14.7. The van der Waals surface area contributed by atoms with E-state index in [0.717, 1.165) is 5.56 Å². The molecule has 0 saturated heterocycles. The van der Waals surface area contributed by atoms with Gasteiger partial charge in [-0.2, -0.15) is 0 Å². The van der Waals surface area contributed by atoms with Crippen LogP contribution < -0.4 is 10.6 Å². The van der Waals surface area contributed by atoms with Crippen molar-refractivity contribution in [1.29, 1.82) is 0 Å². The molecule has 0 bridgehead atoms. The zero-order chi connectivity index (χ0) is 18.1. The molecule has 0 fully saturated rings. The third-order valence-corrected chi connectivity index (χ3v) is 3.69. The molecule has 6 nitrogen and oxygen atoms in total. The molecule has 0 aliphatic heterocycles. The maximum atomic E-state index is 12.0. The average molecular weight is 334 g/mol. The van der Waals surface area contributed by atoms with Gasteiger partial charge in [0.05, 0.1) is 13.2 Å². The Bertz CT molecular complexity index is 557. The Balaban J connectivity index is 2.43. The Kier molecular flexibility index (Phi) is 7.95. The molecule has 2 amide bonds. The summed E-state index contributed by atoms with van der Waals surface area (Å²) < 4.78 is 4.67. The normalized spacial score (nSPS) is 13.0. The highest BCUT2D eigenvalue weighted by atomic mass is 16.5. The maximum absolute atomic E-state index is 12.0. The van der Waals surface area contributed by atoms with Gasteiger partial charge >= 0.3 is 5.97 Å². The van der Waals surface area contributed by atoms with Crippen LogP contribution in [0.2, 0.25) is 0 Å². The van der Waals surface area contributed by atoms with Crippen LogP contribution in [0.3, 0.4) is 0 Å². The van der Waals surface area contributed by atoms with E-state index >= 15 is 0 Å². The fourth-order valence-corrected chi connectivity index (χ4v) is 2.24. The predicted molar refractivity (Wildman–Crippen MR) is 91.0 cm³/mol. The van der Waals surface area contributed by atoms with Gasteiger partial charge in [0.15, 0.2) is 0 Å². The quantitative estimate of drug-likeness (QED) is 0.712. The Morgan fingerprint density at radius 1 is 0.958 bits per heavy atom. The van der Waals surface area contributed by atoms with Crippen LogP contribution in [0, 0.1) is 5.92 Å². The highest BCUT2D eigenvalue weighted by molar-refractivity contribution is 5.87. The molecule has 0 aliphatic carbocycles. The first-order valence-corrected chi connectivity index (χ1v) is 8.06. The van der Waals surface area contributed by atoms with Crippen LogP contribution >= 0.6 is 0 Å². The van der Waals surface area contributed by atoms with E-state index in [1.165, 1.54) is 7.11 Å². The van der Waals surface area contributed by atoms with Gasteiger partial charge in [-0.15, -0.1) is 0 Å². The van der Waals surface area contributed by atoms with E-state index in [2.05, 4.69) is 15.4 Å². The van der Waals surface area contributed by atoms with Crippen LogP contribution in [0.1, 0.15) is 45.2 Å². The number of hydrogen-bond acceptors (Lipinski definition) is 4. The van der Waals surface area contributed by atoms with E-state index in [-0.39, 0.29) is 36.6 Å². The number of hydrogen-bond donors (Lipinski definition) is 2. The van der Waals surface area contributed by atoms with Crippen molar-refractivity contribution in [1.82, 2.24) is 10.6 Å². The standard InChI is InChI=1S/C18H26N2O4/c1-12(2)17(18(23)24-4)20-16(22)11-10-15(21)19-13(3)14-8-6-5-7-9-14/h5-9,12-13,17H,10-11H2,1-4H3,(H,19,21)(H,20,22)/t13-,17+/m1/s1. The number of benzene rings is 1. The predicted octanol–water partition coefficient (Wildman–Crippen LogP) is 1.96. The number of ether oxygens (including phenoxy) is 1. The molecule has 1 rings (SSSR count). The van der Waals surface area contributed by atoms with Crippen molar-refractivity contribution in [3.8, 4) is 0 Å². The largest absolute Gasteiger partial charge is 0.467 e. The SMILES string of the molecule is COC(=O)[C@@H](NC(=O)CCC(=O)N[C@H](C)c1ccccc1)C(C)C.